The zero-order chi connectivity index (χ0) is 26.5. The van der Waals surface area contributed by atoms with E-state index in [2.05, 4.69) is 0 Å². The molecule has 0 saturated heterocycles. The van der Waals surface area contributed by atoms with Crippen molar-refractivity contribution >= 4 is 40.7 Å². The average molecular weight is 518 g/mol. The van der Waals surface area contributed by atoms with Crippen LogP contribution in [-0.2, 0) is 16.0 Å². The summed E-state index contributed by atoms with van der Waals surface area (Å²) in [4.78, 5) is 41.1. The Balaban J connectivity index is 1.59. The molecule has 37 heavy (non-hydrogen) atoms. The molecule has 7 heteroatoms. The Kier molecular flexibility index (Phi) is 8.29. The second-order valence-electron chi connectivity index (χ2n) is 9.57. The van der Waals surface area contributed by atoms with Crippen LogP contribution in [0.1, 0.15) is 67.1 Å². The summed E-state index contributed by atoms with van der Waals surface area (Å²) in [6.45, 7) is 3.59. The quantitative estimate of drug-likeness (QED) is 0.368. The minimum atomic E-state index is -0.279. The van der Waals surface area contributed by atoms with Gasteiger partial charge in [0.15, 0.2) is 0 Å². The normalized spacial score (nSPS) is 16.7. The second-order valence-corrected chi connectivity index (χ2v) is 10.0. The molecule has 0 fully saturated rings. The lowest BCUT2D eigenvalue weighted by Crippen LogP contribution is -2.47. The van der Waals surface area contributed by atoms with Crippen molar-refractivity contribution in [1.29, 1.82) is 0 Å². The maximum Gasteiger partial charge on any atom is 0.258 e. The number of carbonyl (C=O) groups excluding carboxylic acids is 3. The molecular formula is C30H32ClN3O3. The van der Waals surface area contributed by atoms with Gasteiger partial charge in [0.05, 0.1) is 6.04 Å². The first kappa shape index (κ1) is 26.4. The number of benzene rings is 3. The zero-order valence-corrected chi connectivity index (χ0v) is 21.9. The summed E-state index contributed by atoms with van der Waals surface area (Å²) in [5.41, 5.74) is 9.46. The highest BCUT2D eigenvalue weighted by atomic mass is 35.5. The maximum absolute atomic E-state index is 13.7. The van der Waals surface area contributed by atoms with Gasteiger partial charge < -0.3 is 15.5 Å². The monoisotopic (exact) mass is 517 g/mol. The number of unbranched alkanes of at least 4 members (excludes halogenated alkanes) is 1. The molecule has 3 aromatic rings. The number of nitrogens with two attached hydrogens (primary N) is 1. The van der Waals surface area contributed by atoms with Crippen LogP contribution in [0.4, 0.5) is 11.4 Å². The van der Waals surface area contributed by atoms with Crippen molar-refractivity contribution in [2.24, 2.45) is 5.73 Å². The fraction of sp³-hybridized carbons (Fsp3) is 0.300. The lowest BCUT2D eigenvalue weighted by molar-refractivity contribution is -0.118. The minimum Gasteiger partial charge on any atom is -0.370 e. The first-order chi connectivity index (χ1) is 17.8. The predicted molar refractivity (Wildman–Crippen MR) is 148 cm³/mol. The number of rotatable bonds is 8. The van der Waals surface area contributed by atoms with E-state index in [1.54, 1.807) is 24.0 Å². The molecule has 0 aromatic heterocycles. The number of hydrogen-bond acceptors (Lipinski definition) is 3. The van der Waals surface area contributed by atoms with Crippen molar-refractivity contribution in [1.82, 2.24) is 0 Å². The number of aryl methyl sites for hydroxylation is 1. The fourth-order valence-electron chi connectivity index (χ4n) is 5.10. The molecule has 3 aromatic carbocycles. The molecule has 4 rings (SSSR count). The lowest BCUT2D eigenvalue weighted by Gasteiger charge is -2.43. The number of amides is 3. The Morgan fingerprint density at radius 3 is 2.30 bits per heavy atom. The number of hydrogen-bond donors (Lipinski definition) is 1. The van der Waals surface area contributed by atoms with Crippen molar-refractivity contribution in [2.75, 3.05) is 9.80 Å². The van der Waals surface area contributed by atoms with Gasteiger partial charge in [-0.25, -0.2) is 0 Å². The molecule has 0 unspecified atom stereocenters. The van der Waals surface area contributed by atoms with Crippen molar-refractivity contribution in [3.8, 4) is 0 Å². The van der Waals surface area contributed by atoms with E-state index in [4.69, 9.17) is 17.3 Å². The molecule has 2 N–H and O–H groups in total. The Hall–Kier alpha value is -3.64. The molecule has 1 aliphatic rings. The van der Waals surface area contributed by atoms with E-state index >= 15 is 0 Å². The molecule has 3 amide bonds. The van der Waals surface area contributed by atoms with Crippen molar-refractivity contribution in [3.05, 3.63) is 94.5 Å². The minimum absolute atomic E-state index is 0.0690. The summed E-state index contributed by atoms with van der Waals surface area (Å²) >= 11 is 6.09. The summed E-state index contributed by atoms with van der Waals surface area (Å²) in [6.07, 6.45) is 3.45. The van der Waals surface area contributed by atoms with Crippen LogP contribution in [0, 0.1) is 0 Å². The number of carbonyl (C=O) groups is 3. The number of anilines is 2. The van der Waals surface area contributed by atoms with E-state index in [0.29, 0.717) is 23.4 Å². The summed E-state index contributed by atoms with van der Waals surface area (Å²) in [5, 5.41) is 0.609. The van der Waals surface area contributed by atoms with Crippen LogP contribution in [0.15, 0.2) is 72.8 Å². The van der Waals surface area contributed by atoms with Crippen molar-refractivity contribution in [3.63, 3.8) is 0 Å². The van der Waals surface area contributed by atoms with Crippen molar-refractivity contribution < 1.29 is 14.4 Å². The SMILES string of the molecule is CC(=O)N(c1ccc(Cl)cc1)[C@@H]1C[C@H](C)N(C(=O)c2ccc(CCCCC(N)=O)cc2)c2ccccc21. The van der Waals surface area contributed by atoms with Crippen LogP contribution in [0.25, 0.3) is 0 Å². The first-order valence-electron chi connectivity index (χ1n) is 12.6. The number of halogens is 1. The number of para-hydroxylation sites is 1. The Morgan fingerprint density at radius 2 is 1.65 bits per heavy atom. The molecule has 1 heterocycles. The Morgan fingerprint density at radius 1 is 0.973 bits per heavy atom. The summed E-state index contributed by atoms with van der Waals surface area (Å²) in [7, 11) is 0. The molecule has 0 bridgehead atoms. The van der Waals surface area contributed by atoms with Crippen LogP contribution >= 0.6 is 11.6 Å². The van der Waals surface area contributed by atoms with Crippen LogP contribution < -0.4 is 15.5 Å². The highest BCUT2D eigenvalue weighted by molar-refractivity contribution is 6.30. The Labute approximate surface area is 223 Å². The van der Waals surface area contributed by atoms with E-state index < -0.39 is 0 Å². The summed E-state index contributed by atoms with van der Waals surface area (Å²) in [5.74, 6) is -0.418. The fourth-order valence-corrected chi connectivity index (χ4v) is 5.23. The number of fused-ring (bicyclic) bond motifs is 1. The lowest BCUT2D eigenvalue weighted by atomic mass is 9.89. The highest BCUT2D eigenvalue weighted by Gasteiger charge is 2.38. The molecule has 192 valence electrons. The summed E-state index contributed by atoms with van der Waals surface area (Å²) < 4.78 is 0. The molecule has 0 radical (unpaired) electrons. The maximum atomic E-state index is 13.7. The van der Waals surface area contributed by atoms with Crippen LogP contribution in [0.5, 0.6) is 0 Å². The van der Waals surface area contributed by atoms with Gasteiger partial charge in [0, 0.05) is 41.3 Å². The van der Waals surface area contributed by atoms with Gasteiger partial charge in [0.25, 0.3) is 5.91 Å². The predicted octanol–water partition coefficient (Wildman–Crippen LogP) is 6.07. The van der Waals surface area contributed by atoms with Gasteiger partial charge in [0.1, 0.15) is 0 Å². The van der Waals surface area contributed by atoms with E-state index in [1.807, 2.05) is 72.5 Å². The zero-order valence-electron chi connectivity index (χ0n) is 21.2. The van der Waals surface area contributed by atoms with Gasteiger partial charge in [-0.05, 0) is 86.2 Å². The standard InChI is InChI=1S/C30H32ClN3O3/c1-20-19-28(34(21(2)35)25-17-15-24(31)16-18-25)26-8-4-5-9-27(26)33(20)30(37)23-13-11-22(12-14-23)7-3-6-10-29(32)36/h4-5,8-9,11-18,20,28H,3,6-7,10,19H2,1-2H3,(H2,32,36)/t20-,28+/m0/s1. The van der Waals surface area contributed by atoms with Crippen LogP contribution in [-0.4, -0.2) is 23.8 Å². The van der Waals surface area contributed by atoms with E-state index in [0.717, 1.165) is 41.8 Å². The number of primary amides is 1. The third-order valence-corrected chi connectivity index (χ3v) is 7.13. The van der Waals surface area contributed by atoms with E-state index in [-0.39, 0.29) is 29.8 Å². The second kappa shape index (κ2) is 11.6. The topological polar surface area (TPSA) is 83.7 Å². The highest BCUT2D eigenvalue weighted by Crippen LogP contribution is 2.42. The molecule has 0 aliphatic carbocycles. The van der Waals surface area contributed by atoms with E-state index in [1.165, 1.54) is 0 Å². The number of nitrogens with zero attached hydrogens (tertiary/aromatic N) is 2. The Bertz CT molecular complexity index is 1270. The van der Waals surface area contributed by atoms with Gasteiger partial charge in [0.2, 0.25) is 11.8 Å². The van der Waals surface area contributed by atoms with Crippen LogP contribution in [0.2, 0.25) is 5.02 Å². The first-order valence-corrected chi connectivity index (χ1v) is 13.0. The molecular weight excluding hydrogens is 486 g/mol. The smallest absolute Gasteiger partial charge is 0.258 e. The molecule has 6 nitrogen and oxygen atoms in total. The summed E-state index contributed by atoms with van der Waals surface area (Å²) in [6, 6.07) is 22.4. The van der Waals surface area contributed by atoms with Crippen molar-refractivity contribution in [2.45, 2.75) is 58.0 Å². The molecule has 1 aliphatic heterocycles. The van der Waals surface area contributed by atoms with Gasteiger partial charge in [-0.3, -0.25) is 14.4 Å². The molecule has 0 saturated carbocycles. The van der Waals surface area contributed by atoms with Gasteiger partial charge >= 0.3 is 0 Å². The van der Waals surface area contributed by atoms with Gasteiger partial charge in [-0.15, -0.1) is 0 Å². The average Bonchev–Trinajstić information content (AvgIpc) is 2.88. The van der Waals surface area contributed by atoms with Gasteiger partial charge in [-0.1, -0.05) is 41.9 Å². The largest absolute Gasteiger partial charge is 0.370 e. The third kappa shape index (κ3) is 6.03. The van der Waals surface area contributed by atoms with Gasteiger partial charge in [-0.2, -0.15) is 0 Å². The molecule has 2 atom stereocenters. The van der Waals surface area contributed by atoms with Crippen LogP contribution in [0.3, 0.4) is 0 Å². The molecule has 0 spiro atoms. The third-order valence-electron chi connectivity index (χ3n) is 6.87. The van der Waals surface area contributed by atoms with E-state index in [9.17, 15) is 14.4 Å².